The number of rotatable bonds is 9. The lowest BCUT2D eigenvalue weighted by atomic mass is 10.1. The zero-order chi connectivity index (χ0) is 14.1. The van der Waals surface area contributed by atoms with E-state index in [-0.39, 0.29) is 6.10 Å². The minimum absolute atomic E-state index is 0.142. The molecular formula is C15H23BrO3. The third kappa shape index (κ3) is 6.52. The Labute approximate surface area is 124 Å². The lowest BCUT2D eigenvalue weighted by Crippen LogP contribution is -2.15. The van der Waals surface area contributed by atoms with Crippen molar-refractivity contribution in [2.45, 2.75) is 40.1 Å². The van der Waals surface area contributed by atoms with Crippen LogP contribution in [0.1, 0.15) is 31.9 Å². The summed E-state index contributed by atoms with van der Waals surface area (Å²) >= 11 is 3.53. The van der Waals surface area contributed by atoms with Crippen LogP contribution in [0, 0.1) is 0 Å². The van der Waals surface area contributed by atoms with Gasteiger partial charge in [0.2, 0.25) is 0 Å². The van der Waals surface area contributed by atoms with E-state index in [1.54, 1.807) is 0 Å². The number of benzene rings is 1. The lowest BCUT2D eigenvalue weighted by molar-refractivity contribution is -0.00716. The molecule has 1 rings (SSSR count). The molecular weight excluding hydrogens is 308 g/mol. The molecule has 0 saturated heterocycles. The normalized spacial score (nSPS) is 12.6. The molecule has 4 heteroatoms. The molecule has 0 aromatic heterocycles. The van der Waals surface area contributed by atoms with Gasteiger partial charge >= 0.3 is 0 Å². The Balaban J connectivity index is 2.45. The highest BCUT2D eigenvalue weighted by atomic mass is 79.9. The van der Waals surface area contributed by atoms with Crippen LogP contribution in [0.2, 0.25) is 0 Å². The van der Waals surface area contributed by atoms with Gasteiger partial charge in [-0.05, 0) is 38.0 Å². The predicted octanol–water partition coefficient (Wildman–Crippen LogP) is 3.93. The maximum atomic E-state index is 5.65. The number of hydrogen-bond donors (Lipinski definition) is 0. The highest BCUT2D eigenvalue weighted by molar-refractivity contribution is 9.10. The fourth-order valence-corrected chi connectivity index (χ4v) is 2.08. The Morgan fingerprint density at radius 1 is 1.11 bits per heavy atom. The summed E-state index contributed by atoms with van der Waals surface area (Å²) in [6, 6.07) is 6.22. The van der Waals surface area contributed by atoms with Gasteiger partial charge in [0.25, 0.3) is 0 Å². The zero-order valence-corrected chi connectivity index (χ0v) is 13.5. The summed E-state index contributed by atoms with van der Waals surface area (Å²) in [4.78, 5) is 0. The topological polar surface area (TPSA) is 27.7 Å². The van der Waals surface area contributed by atoms with E-state index in [0.29, 0.717) is 19.8 Å². The first-order valence-electron chi connectivity index (χ1n) is 6.71. The lowest BCUT2D eigenvalue weighted by Gasteiger charge is -2.13. The van der Waals surface area contributed by atoms with Gasteiger partial charge < -0.3 is 14.2 Å². The van der Waals surface area contributed by atoms with E-state index >= 15 is 0 Å². The van der Waals surface area contributed by atoms with Gasteiger partial charge in [-0.2, -0.15) is 0 Å². The van der Waals surface area contributed by atoms with E-state index < -0.39 is 0 Å². The summed E-state index contributed by atoms with van der Waals surface area (Å²) in [5, 5.41) is 0. The van der Waals surface area contributed by atoms with E-state index in [1.807, 2.05) is 26.8 Å². The van der Waals surface area contributed by atoms with Crippen molar-refractivity contribution in [3.05, 3.63) is 33.8 Å². The number of halogens is 1. The van der Waals surface area contributed by atoms with Crippen LogP contribution in [0.4, 0.5) is 0 Å². The average Bonchev–Trinajstić information content (AvgIpc) is 2.39. The Hall–Kier alpha value is -0.420. The average molecular weight is 331 g/mol. The van der Waals surface area contributed by atoms with Crippen molar-refractivity contribution >= 4 is 15.9 Å². The fourth-order valence-electron chi connectivity index (χ4n) is 1.72. The van der Waals surface area contributed by atoms with Gasteiger partial charge in [-0.3, -0.25) is 0 Å². The van der Waals surface area contributed by atoms with E-state index in [2.05, 4.69) is 28.1 Å². The Kier molecular flexibility index (Phi) is 8.30. The summed E-state index contributed by atoms with van der Waals surface area (Å²) in [6.45, 7) is 9.29. The first-order chi connectivity index (χ1) is 9.17. The highest BCUT2D eigenvalue weighted by Crippen LogP contribution is 2.20. The maximum absolute atomic E-state index is 5.65. The quantitative estimate of drug-likeness (QED) is 0.686. The molecule has 1 aromatic rings. The van der Waals surface area contributed by atoms with Crippen molar-refractivity contribution in [1.82, 2.24) is 0 Å². The second-order valence-electron chi connectivity index (χ2n) is 4.34. The molecule has 0 amide bonds. The van der Waals surface area contributed by atoms with Gasteiger partial charge in [0.05, 0.1) is 25.9 Å². The van der Waals surface area contributed by atoms with Crippen LogP contribution in [0.3, 0.4) is 0 Å². The van der Waals surface area contributed by atoms with Crippen LogP contribution >= 0.6 is 15.9 Å². The largest absolute Gasteiger partial charge is 0.377 e. The minimum Gasteiger partial charge on any atom is -0.377 e. The second-order valence-corrected chi connectivity index (χ2v) is 5.20. The summed E-state index contributed by atoms with van der Waals surface area (Å²) in [5.74, 6) is 0. The molecule has 0 saturated carbocycles. The van der Waals surface area contributed by atoms with Crippen LogP contribution in [-0.4, -0.2) is 25.9 Å². The fraction of sp³-hybridized carbons (Fsp3) is 0.600. The van der Waals surface area contributed by atoms with Crippen LogP contribution in [0.25, 0.3) is 0 Å². The molecule has 0 bridgehead atoms. The van der Waals surface area contributed by atoms with Gasteiger partial charge in [0, 0.05) is 17.7 Å². The molecule has 108 valence electrons. The van der Waals surface area contributed by atoms with Crippen LogP contribution < -0.4 is 0 Å². The molecule has 3 nitrogen and oxygen atoms in total. The van der Waals surface area contributed by atoms with Crippen LogP contribution in [-0.2, 0) is 27.4 Å². The number of ether oxygens (including phenoxy) is 3. The molecule has 0 aliphatic heterocycles. The molecule has 0 aliphatic carbocycles. The zero-order valence-electron chi connectivity index (χ0n) is 11.9. The molecule has 0 fully saturated rings. The first-order valence-corrected chi connectivity index (χ1v) is 7.51. The Morgan fingerprint density at radius 2 is 1.89 bits per heavy atom. The minimum atomic E-state index is 0.142. The Bertz CT molecular complexity index is 368. The van der Waals surface area contributed by atoms with Crippen molar-refractivity contribution in [1.29, 1.82) is 0 Å². The second kappa shape index (κ2) is 9.48. The van der Waals surface area contributed by atoms with Crippen molar-refractivity contribution in [3.63, 3.8) is 0 Å². The predicted molar refractivity (Wildman–Crippen MR) is 80.2 cm³/mol. The SMILES string of the molecule is CCOCc1cc(COC[C@@H](C)OCC)ccc1Br. The van der Waals surface area contributed by atoms with E-state index in [1.165, 1.54) is 0 Å². The van der Waals surface area contributed by atoms with Gasteiger partial charge in [-0.1, -0.05) is 28.1 Å². The van der Waals surface area contributed by atoms with Gasteiger partial charge in [-0.15, -0.1) is 0 Å². The molecule has 0 heterocycles. The van der Waals surface area contributed by atoms with E-state index in [9.17, 15) is 0 Å². The molecule has 0 N–H and O–H groups in total. The van der Waals surface area contributed by atoms with Gasteiger partial charge in [0.15, 0.2) is 0 Å². The molecule has 1 atom stereocenters. The molecule has 0 unspecified atom stereocenters. The summed E-state index contributed by atoms with van der Waals surface area (Å²) in [6.07, 6.45) is 0.142. The van der Waals surface area contributed by atoms with Crippen LogP contribution in [0.15, 0.2) is 22.7 Å². The highest BCUT2D eigenvalue weighted by Gasteiger charge is 2.04. The third-order valence-corrected chi connectivity index (χ3v) is 3.42. The maximum Gasteiger partial charge on any atom is 0.0780 e. The first kappa shape index (κ1) is 16.6. The standard InChI is InChI=1S/C15H23BrO3/c1-4-17-11-14-8-13(6-7-15(14)16)10-18-9-12(3)19-5-2/h6-8,12H,4-5,9-11H2,1-3H3/t12-/m1/s1. The monoisotopic (exact) mass is 330 g/mol. The molecule has 0 spiro atoms. The molecule has 0 radical (unpaired) electrons. The molecule has 0 aliphatic rings. The smallest absolute Gasteiger partial charge is 0.0780 e. The van der Waals surface area contributed by atoms with Crippen molar-refractivity contribution in [2.75, 3.05) is 19.8 Å². The van der Waals surface area contributed by atoms with Crippen molar-refractivity contribution in [3.8, 4) is 0 Å². The summed E-state index contributed by atoms with van der Waals surface area (Å²) in [7, 11) is 0. The van der Waals surface area contributed by atoms with E-state index in [4.69, 9.17) is 14.2 Å². The van der Waals surface area contributed by atoms with E-state index in [0.717, 1.165) is 28.8 Å². The van der Waals surface area contributed by atoms with Gasteiger partial charge in [0.1, 0.15) is 0 Å². The molecule has 19 heavy (non-hydrogen) atoms. The third-order valence-electron chi connectivity index (χ3n) is 2.64. The summed E-state index contributed by atoms with van der Waals surface area (Å²) < 4.78 is 17.6. The van der Waals surface area contributed by atoms with Crippen molar-refractivity contribution < 1.29 is 14.2 Å². The molecule has 1 aromatic carbocycles. The Morgan fingerprint density at radius 3 is 2.58 bits per heavy atom. The van der Waals surface area contributed by atoms with Crippen LogP contribution in [0.5, 0.6) is 0 Å². The summed E-state index contributed by atoms with van der Waals surface area (Å²) in [5.41, 5.74) is 2.31. The van der Waals surface area contributed by atoms with Crippen molar-refractivity contribution in [2.24, 2.45) is 0 Å². The van der Waals surface area contributed by atoms with Gasteiger partial charge in [-0.25, -0.2) is 0 Å². The number of hydrogen-bond acceptors (Lipinski definition) is 3.